The molecule has 0 amide bonds. The molecule has 1 aromatic heterocycles. The van der Waals surface area contributed by atoms with E-state index >= 15 is 0 Å². The summed E-state index contributed by atoms with van der Waals surface area (Å²) in [5.41, 5.74) is 8.24. The van der Waals surface area contributed by atoms with Gasteiger partial charge in [0.15, 0.2) is 0 Å². The molecule has 1 heterocycles. The predicted molar refractivity (Wildman–Crippen MR) is 73.8 cm³/mol. The van der Waals surface area contributed by atoms with Gasteiger partial charge in [-0.05, 0) is 18.2 Å². The number of anilines is 1. The zero-order valence-electron chi connectivity index (χ0n) is 8.58. The minimum absolute atomic E-state index is 0.0589. The first kappa shape index (κ1) is 12.2. The van der Waals surface area contributed by atoms with Crippen LogP contribution in [-0.4, -0.2) is 24.1 Å². The highest BCUT2D eigenvalue weighted by molar-refractivity contribution is 7.95. The van der Waals surface area contributed by atoms with Crippen LogP contribution in [0.15, 0.2) is 23.7 Å². The second-order valence-corrected chi connectivity index (χ2v) is 6.50. The molecule has 0 aliphatic heterocycles. The fourth-order valence-corrected chi connectivity index (χ4v) is 3.44. The molecule has 0 unspecified atom stereocenters. The second kappa shape index (κ2) is 4.55. The maximum Gasteiger partial charge on any atom is 0.239 e. The van der Waals surface area contributed by atoms with Gasteiger partial charge in [-0.25, -0.2) is 13.4 Å². The largest absolute Gasteiger partial charge is 0.392 e. The van der Waals surface area contributed by atoms with Gasteiger partial charge < -0.3 is 5.73 Å². The van der Waals surface area contributed by atoms with Crippen molar-refractivity contribution in [1.82, 2.24) is 4.98 Å². The van der Waals surface area contributed by atoms with E-state index in [1.54, 1.807) is 23.7 Å². The number of sulfonamides is 1. The van der Waals surface area contributed by atoms with Gasteiger partial charge in [0.2, 0.25) is 10.0 Å². The molecule has 1 aromatic carbocycles. The number of thiazole rings is 1. The third kappa shape index (κ3) is 3.11. The zero-order chi connectivity index (χ0) is 12.5. The topological polar surface area (TPSA) is 85.1 Å². The highest BCUT2D eigenvalue weighted by Crippen LogP contribution is 2.22. The molecule has 0 aliphatic carbocycles. The van der Waals surface area contributed by atoms with E-state index in [0.29, 0.717) is 5.69 Å². The van der Waals surface area contributed by atoms with Crippen LogP contribution in [0.4, 0.5) is 5.69 Å². The lowest BCUT2D eigenvalue weighted by atomic mass is 10.3. The molecule has 0 bridgehead atoms. The van der Waals surface area contributed by atoms with E-state index in [1.165, 1.54) is 11.3 Å². The molecule has 0 aliphatic rings. The van der Waals surface area contributed by atoms with Gasteiger partial charge in [-0.1, -0.05) is 12.2 Å². The van der Waals surface area contributed by atoms with Crippen molar-refractivity contribution in [2.24, 2.45) is 5.73 Å². The number of nitrogens with zero attached hydrogens (tertiary/aromatic N) is 1. The van der Waals surface area contributed by atoms with E-state index in [0.717, 1.165) is 10.2 Å². The maximum absolute atomic E-state index is 11.6. The molecule has 5 nitrogen and oxygen atoms in total. The predicted octanol–water partition coefficient (Wildman–Crippen LogP) is 1.32. The van der Waals surface area contributed by atoms with Crippen molar-refractivity contribution in [1.29, 1.82) is 0 Å². The normalized spacial score (nSPS) is 11.5. The van der Waals surface area contributed by atoms with E-state index < -0.39 is 10.0 Å². The lowest BCUT2D eigenvalue weighted by Gasteiger charge is -2.06. The fraction of sp³-hybridized carbons (Fsp3) is 0.111. The molecule has 0 atom stereocenters. The number of thiocarbonyl (C=S) groups is 1. The zero-order valence-corrected chi connectivity index (χ0v) is 11.0. The third-order valence-electron chi connectivity index (χ3n) is 1.94. The molecule has 0 saturated carbocycles. The average Bonchev–Trinajstić information content (AvgIpc) is 2.61. The van der Waals surface area contributed by atoms with Crippen molar-refractivity contribution >= 4 is 54.5 Å². The quantitative estimate of drug-likeness (QED) is 0.829. The number of rotatable bonds is 4. The number of fused-ring (bicyclic) bond motifs is 1. The Morgan fingerprint density at radius 2 is 2.29 bits per heavy atom. The molecule has 2 rings (SSSR count). The minimum atomic E-state index is -3.52. The highest BCUT2D eigenvalue weighted by Gasteiger charge is 2.12. The summed E-state index contributed by atoms with van der Waals surface area (Å²) in [6.07, 6.45) is 0. The van der Waals surface area contributed by atoms with E-state index in [-0.39, 0.29) is 10.7 Å². The van der Waals surface area contributed by atoms with Gasteiger partial charge in [-0.2, -0.15) is 0 Å². The summed E-state index contributed by atoms with van der Waals surface area (Å²) in [5, 5.41) is 0. The van der Waals surface area contributed by atoms with Crippen LogP contribution >= 0.6 is 23.6 Å². The summed E-state index contributed by atoms with van der Waals surface area (Å²) in [6.45, 7) is 0. The van der Waals surface area contributed by atoms with Crippen LogP contribution in [0.5, 0.6) is 0 Å². The smallest absolute Gasteiger partial charge is 0.239 e. The molecular weight excluding hydrogens is 278 g/mol. The second-order valence-electron chi connectivity index (χ2n) is 3.36. The number of benzene rings is 1. The molecule has 8 heteroatoms. The first-order valence-corrected chi connectivity index (χ1v) is 7.52. The van der Waals surface area contributed by atoms with Gasteiger partial charge in [0.05, 0.1) is 26.4 Å². The van der Waals surface area contributed by atoms with Crippen molar-refractivity contribution in [2.45, 2.75) is 0 Å². The molecule has 0 saturated heterocycles. The van der Waals surface area contributed by atoms with Crippen molar-refractivity contribution in [2.75, 3.05) is 10.5 Å². The van der Waals surface area contributed by atoms with Crippen molar-refractivity contribution < 1.29 is 8.42 Å². The Labute approximate surface area is 108 Å². The first-order chi connectivity index (χ1) is 7.96. The molecule has 0 radical (unpaired) electrons. The summed E-state index contributed by atoms with van der Waals surface area (Å²) in [6, 6.07) is 5.13. The summed E-state index contributed by atoms with van der Waals surface area (Å²) in [5.74, 6) is -0.358. The maximum atomic E-state index is 11.6. The molecule has 17 heavy (non-hydrogen) atoms. The first-order valence-electron chi connectivity index (χ1n) is 4.58. The minimum Gasteiger partial charge on any atom is -0.392 e. The van der Waals surface area contributed by atoms with E-state index in [9.17, 15) is 8.42 Å². The van der Waals surface area contributed by atoms with E-state index in [4.69, 9.17) is 5.73 Å². The van der Waals surface area contributed by atoms with Crippen molar-refractivity contribution in [3.8, 4) is 0 Å². The van der Waals surface area contributed by atoms with Crippen LogP contribution in [0.25, 0.3) is 10.2 Å². The summed E-state index contributed by atoms with van der Waals surface area (Å²) < 4.78 is 26.5. The standard InChI is InChI=1S/C9H9N3O2S3/c10-9(15)4-17(13,14)12-6-1-2-7-8(3-6)16-5-11-7/h1-3,5,12H,4H2,(H2,10,15). The van der Waals surface area contributed by atoms with Crippen LogP contribution in [0.2, 0.25) is 0 Å². The Bertz CT molecular complexity index is 663. The van der Waals surface area contributed by atoms with Gasteiger partial charge in [-0.3, -0.25) is 4.72 Å². The Hall–Kier alpha value is -1.25. The van der Waals surface area contributed by atoms with Gasteiger partial charge in [0.25, 0.3) is 0 Å². The molecule has 3 N–H and O–H groups in total. The monoisotopic (exact) mass is 287 g/mol. The fourth-order valence-electron chi connectivity index (χ4n) is 1.32. The van der Waals surface area contributed by atoms with Crippen LogP contribution in [0, 0.1) is 0 Å². The Balaban J connectivity index is 2.26. The Kier molecular flexibility index (Phi) is 3.27. The number of nitrogens with one attached hydrogen (secondary N) is 1. The van der Waals surface area contributed by atoms with Gasteiger partial charge in [0.1, 0.15) is 5.75 Å². The van der Waals surface area contributed by atoms with E-state index in [1.807, 2.05) is 0 Å². The average molecular weight is 287 g/mol. The SMILES string of the molecule is NC(=S)CS(=O)(=O)Nc1ccc2ncsc2c1. The molecular formula is C9H9N3O2S3. The lowest BCUT2D eigenvalue weighted by molar-refractivity contribution is 0.605. The highest BCUT2D eigenvalue weighted by atomic mass is 32.2. The van der Waals surface area contributed by atoms with Crippen molar-refractivity contribution in [3.63, 3.8) is 0 Å². The molecule has 0 fully saturated rings. The Morgan fingerprint density at radius 1 is 1.53 bits per heavy atom. The van der Waals surface area contributed by atoms with Crippen LogP contribution in [0.3, 0.4) is 0 Å². The molecule has 0 spiro atoms. The van der Waals surface area contributed by atoms with Crippen LogP contribution < -0.4 is 10.5 Å². The Morgan fingerprint density at radius 3 is 3.00 bits per heavy atom. The van der Waals surface area contributed by atoms with E-state index in [2.05, 4.69) is 21.9 Å². The molecule has 90 valence electrons. The summed E-state index contributed by atoms with van der Waals surface area (Å²) in [7, 11) is -3.52. The number of aromatic nitrogens is 1. The lowest BCUT2D eigenvalue weighted by Crippen LogP contribution is -2.26. The summed E-state index contributed by atoms with van der Waals surface area (Å²) in [4.78, 5) is 4.05. The van der Waals surface area contributed by atoms with Gasteiger partial charge in [-0.15, -0.1) is 11.3 Å². The van der Waals surface area contributed by atoms with Crippen LogP contribution in [0.1, 0.15) is 0 Å². The third-order valence-corrected chi connectivity index (χ3v) is 4.29. The molecule has 2 aromatic rings. The number of hydrogen-bond acceptors (Lipinski definition) is 5. The van der Waals surface area contributed by atoms with Crippen molar-refractivity contribution in [3.05, 3.63) is 23.7 Å². The van der Waals surface area contributed by atoms with Gasteiger partial charge in [0, 0.05) is 0 Å². The number of hydrogen-bond donors (Lipinski definition) is 2. The van der Waals surface area contributed by atoms with Gasteiger partial charge >= 0.3 is 0 Å². The summed E-state index contributed by atoms with van der Waals surface area (Å²) >= 11 is 6.02. The van der Waals surface area contributed by atoms with Crippen LogP contribution in [-0.2, 0) is 10.0 Å². The number of nitrogens with two attached hydrogens (primary N) is 1.